The lowest BCUT2D eigenvalue weighted by Gasteiger charge is -2.06. The minimum atomic E-state index is -0.433. The van der Waals surface area contributed by atoms with Gasteiger partial charge in [-0.2, -0.15) is 0 Å². The number of halogens is 3. The minimum absolute atomic E-state index is 0. The van der Waals surface area contributed by atoms with Crippen LogP contribution in [0, 0.1) is 0 Å². The first kappa shape index (κ1) is 14.3. The van der Waals surface area contributed by atoms with Crippen molar-refractivity contribution in [3.8, 4) is 0 Å². The van der Waals surface area contributed by atoms with Crippen LogP contribution in [0.3, 0.4) is 0 Å². The van der Waals surface area contributed by atoms with Crippen LogP contribution in [0.1, 0.15) is 6.42 Å². The molecule has 2 nitrogen and oxygen atoms in total. The zero-order valence-corrected chi connectivity index (χ0v) is 8.55. The third-order valence-corrected chi connectivity index (χ3v) is 1.67. The van der Waals surface area contributed by atoms with Crippen LogP contribution < -0.4 is 5.32 Å². The summed E-state index contributed by atoms with van der Waals surface area (Å²) in [4.78, 5) is 0. The van der Waals surface area contributed by atoms with Gasteiger partial charge in [-0.3, -0.25) is 0 Å². The highest BCUT2D eigenvalue weighted by atomic mass is 35.5. The Kier molecular flexibility index (Phi) is 14.0. The normalized spacial score (nSPS) is 12.3. The first-order valence-electron chi connectivity index (χ1n) is 3.32. The molecule has 0 spiro atoms. The fraction of sp³-hybridized carbons (Fsp3) is 1.00. The Labute approximate surface area is 83.7 Å². The van der Waals surface area contributed by atoms with Crippen molar-refractivity contribution in [1.82, 2.24) is 5.32 Å². The summed E-state index contributed by atoms with van der Waals surface area (Å²) in [7, 11) is 0. The molecule has 0 aromatic rings. The summed E-state index contributed by atoms with van der Waals surface area (Å²) in [5.74, 6) is 0.942. The summed E-state index contributed by atoms with van der Waals surface area (Å²) < 4.78 is 0. The average Bonchev–Trinajstić information content (AvgIpc) is 1.98. The zero-order valence-electron chi connectivity index (χ0n) is 6.22. The van der Waals surface area contributed by atoms with Crippen molar-refractivity contribution >= 4 is 35.6 Å². The van der Waals surface area contributed by atoms with E-state index in [2.05, 4.69) is 5.32 Å². The second kappa shape index (κ2) is 10.8. The van der Waals surface area contributed by atoms with E-state index < -0.39 is 6.10 Å². The molecule has 5 heteroatoms. The first-order valence-corrected chi connectivity index (χ1v) is 4.39. The Balaban J connectivity index is 0. The van der Waals surface area contributed by atoms with E-state index in [0.717, 1.165) is 13.0 Å². The Morgan fingerprint density at radius 1 is 1.36 bits per heavy atom. The number of alkyl halides is 2. The second-order valence-corrected chi connectivity index (χ2v) is 2.74. The largest absolute Gasteiger partial charge is 0.391 e. The summed E-state index contributed by atoms with van der Waals surface area (Å²) in [6.07, 6.45) is 0.494. The Hall–Kier alpha value is 0.790. The summed E-state index contributed by atoms with van der Waals surface area (Å²) in [6.45, 7) is 1.40. The van der Waals surface area contributed by atoms with Gasteiger partial charge in [0, 0.05) is 18.3 Å². The van der Waals surface area contributed by atoms with E-state index >= 15 is 0 Å². The Bertz CT molecular complexity index is 74.8. The van der Waals surface area contributed by atoms with Gasteiger partial charge < -0.3 is 10.4 Å². The molecule has 0 aliphatic heterocycles. The van der Waals surface area contributed by atoms with Crippen molar-refractivity contribution in [2.45, 2.75) is 12.5 Å². The molecule has 0 aliphatic rings. The molecule has 11 heavy (non-hydrogen) atoms. The van der Waals surface area contributed by atoms with Crippen LogP contribution in [0.2, 0.25) is 0 Å². The first-order chi connectivity index (χ1) is 4.81. The maximum Gasteiger partial charge on any atom is 0.0799 e. The summed E-state index contributed by atoms with van der Waals surface area (Å²) >= 11 is 10.8. The van der Waals surface area contributed by atoms with Crippen LogP contribution in [-0.2, 0) is 0 Å². The van der Waals surface area contributed by atoms with E-state index in [1.165, 1.54) is 0 Å². The topological polar surface area (TPSA) is 32.3 Å². The SMILES string of the molecule is Cl.OC(CCl)CNCCCCl. The molecule has 0 bridgehead atoms. The van der Waals surface area contributed by atoms with Crippen molar-refractivity contribution in [2.75, 3.05) is 24.8 Å². The third kappa shape index (κ3) is 10.8. The van der Waals surface area contributed by atoms with Gasteiger partial charge in [0.25, 0.3) is 0 Å². The van der Waals surface area contributed by atoms with Crippen molar-refractivity contribution < 1.29 is 5.11 Å². The molecule has 0 aromatic carbocycles. The molecule has 0 rings (SSSR count). The van der Waals surface area contributed by atoms with Gasteiger partial charge in [0.1, 0.15) is 0 Å². The van der Waals surface area contributed by atoms with Crippen LogP contribution in [0.15, 0.2) is 0 Å². The molecule has 0 fully saturated rings. The predicted octanol–water partition coefficient (Wildman–Crippen LogP) is 1.23. The van der Waals surface area contributed by atoms with Gasteiger partial charge in [-0.05, 0) is 13.0 Å². The van der Waals surface area contributed by atoms with Crippen molar-refractivity contribution in [1.29, 1.82) is 0 Å². The fourth-order valence-corrected chi connectivity index (χ4v) is 0.758. The van der Waals surface area contributed by atoms with Crippen LogP contribution in [0.25, 0.3) is 0 Å². The lowest BCUT2D eigenvalue weighted by molar-refractivity contribution is 0.195. The molecule has 0 amide bonds. The van der Waals surface area contributed by atoms with Crippen LogP contribution in [-0.4, -0.2) is 36.1 Å². The molecule has 1 unspecified atom stereocenters. The van der Waals surface area contributed by atoms with Crippen molar-refractivity contribution in [3.63, 3.8) is 0 Å². The molecular formula is C6H14Cl3NO. The summed E-state index contributed by atoms with van der Waals surface area (Å²) in [5, 5.41) is 11.9. The number of aliphatic hydroxyl groups is 1. The Morgan fingerprint density at radius 3 is 2.45 bits per heavy atom. The van der Waals surface area contributed by atoms with Gasteiger partial charge >= 0.3 is 0 Å². The highest BCUT2D eigenvalue weighted by Crippen LogP contribution is 1.85. The molecule has 0 saturated heterocycles. The molecular weight excluding hydrogens is 208 g/mol. The lowest BCUT2D eigenvalue weighted by atomic mass is 10.4. The molecule has 0 radical (unpaired) electrons. The molecule has 1 atom stereocenters. The van der Waals surface area contributed by atoms with E-state index in [9.17, 15) is 0 Å². The van der Waals surface area contributed by atoms with Crippen LogP contribution >= 0.6 is 35.6 Å². The van der Waals surface area contributed by atoms with E-state index in [0.29, 0.717) is 12.4 Å². The maximum absolute atomic E-state index is 8.93. The summed E-state index contributed by atoms with van der Waals surface area (Å²) in [5.41, 5.74) is 0. The Morgan fingerprint density at radius 2 is 2.00 bits per heavy atom. The van der Waals surface area contributed by atoms with Crippen molar-refractivity contribution in [2.24, 2.45) is 0 Å². The molecule has 0 aromatic heterocycles. The van der Waals surface area contributed by atoms with E-state index in [1.54, 1.807) is 0 Å². The monoisotopic (exact) mass is 221 g/mol. The van der Waals surface area contributed by atoms with E-state index in [-0.39, 0.29) is 18.3 Å². The number of hydrogen-bond acceptors (Lipinski definition) is 2. The van der Waals surface area contributed by atoms with Crippen molar-refractivity contribution in [3.05, 3.63) is 0 Å². The highest BCUT2D eigenvalue weighted by molar-refractivity contribution is 6.18. The number of rotatable bonds is 6. The van der Waals surface area contributed by atoms with Gasteiger partial charge in [0.05, 0.1) is 6.10 Å². The molecule has 0 saturated carbocycles. The molecule has 0 heterocycles. The lowest BCUT2D eigenvalue weighted by Crippen LogP contribution is -2.28. The molecule has 2 N–H and O–H groups in total. The van der Waals surface area contributed by atoms with E-state index in [4.69, 9.17) is 28.3 Å². The standard InChI is InChI=1S/C6H13Cl2NO.ClH/c7-2-1-3-9-5-6(10)4-8;/h6,9-10H,1-5H2;1H. The quantitative estimate of drug-likeness (QED) is 0.523. The zero-order chi connectivity index (χ0) is 7.82. The number of aliphatic hydroxyl groups excluding tert-OH is 1. The number of nitrogens with one attached hydrogen (secondary N) is 1. The molecule has 0 aliphatic carbocycles. The predicted molar refractivity (Wildman–Crippen MR) is 52.2 cm³/mol. The van der Waals surface area contributed by atoms with Gasteiger partial charge in [0.2, 0.25) is 0 Å². The number of hydrogen-bond donors (Lipinski definition) is 2. The highest BCUT2D eigenvalue weighted by Gasteiger charge is 1.98. The van der Waals surface area contributed by atoms with Gasteiger partial charge in [0.15, 0.2) is 0 Å². The smallest absolute Gasteiger partial charge is 0.0799 e. The van der Waals surface area contributed by atoms with Gasteiger partial charge in [-0.1, -0.05) is 0 Å². The van der Waals surface area contributed by atoms with Crippen LogP contribution in [0.5, 0.6) is 0 Å². The molecule has 70 valence electrons. The average molecular weight is 223 g/mol. The minimum Gasteiger partial charge on any atom is -0.391 e. The maximum atomic E-state index is 8.93. The third-order valence-electron chi connectivity index (χ3n) is 1.05. The van der Waals surface area contributed by atoms with Gasteiger partial charge in [-0.25, -0.2) is 0 Å². The fourth-order valence-electron chi connectivity index (χ4n) is 0.515. The van der Waals surface area contributed by atoms with E-state index in [1.807, 2.05) is 0 Å². The second-order valence-electron chi connectivity index (χ2n) is 2.05. The van der Waals surface area contributed by atoms with Crippen LogP contribution in [0.4, 0.5) is 0 Å². The summed E-state index contributed by atoms with van der Waals surface area (Å²) in [6, 6.07) is 0. The van der Waals surface area contributed by atoms with Gasteiger partial charge in [-0.15, -0.1) is 35.6 Å².